The summed E-state index contributed by atoms with van der Waals surface area (Å²) in [6.07, 6.45) is -3.81. The Balaban J connectivity index is 1.66. The molecular formula is C24H25F3N2O3. The van der Waals surface area contributed by atoms with E-state index in [1.165, 1.54) is 12.1 Å². The van der Waals surface area contributed by atoms with Crippen molar-refractivity contribution in [3.8, 4) is 17.0 Å². The first-order chi connectivity index (χ1) is 15.0. The second kappa shape index (κ2) is 9.46. The van der Waals surface area contributed by atoms with Crippen LogP contribution < -0.4 is 4.74 Å². The summed E-state index contributed by atoms with van der Waals surface area (Å²) < 4.78 is 46.0. The van der Waals surface area contributed by atoms with Crippen LogP contribution in [-0.4, -0.2) is 27.5 Å². The number of nitrogens with zero attached hydrogens (tertiary/aromatic N) is 2. The minimum Gasteiger partial charge on any atom is -0.493 e. The standard InChI is InChI=1S/C24H25F3N2O3/c1-15-12-20(10-6-17(15)7-11-23(30)31)32-14-16(2)22-13-21(28-29(22)3)18-4-8-19(9-5-18)24(25,26)27/h4-6,8-10,12-13,16H,7,11,14H2,1-3H3,(H,30,31)/t16-/m0/s1. The predicted molar refractivity (Wildman–Crippen MR) is 115 cm³/mol. The van der Waals surface area contributed by atoms with Gasteiger partial charge in [-0.3, -0.25) is 9.48 Å². The van der Waals surface area contributed by atoms with Crippen molar-refractivity contribution in [2.75, 3.05) is 6.61 Å². The minimum absolute atomic E-state index is 0.0114. The molecule has 1 atom stereocenters. The molecule has 0 aliphatic carbocycles. The van der Waals surface area contributed by atoms with Gasteiger partial charge in [0, 0.05) is 30.6 Å². The van der Waals surface area contributed by atoms with E-state index in [0.717, 1.165) is 29.0 Å². The van der Waals surface area contributed by atoms with Gasteiger partial charge < -0.3 is 9.84 Å². The molecule has 0 fully saturated rings. The van der Waals surface area contributed by atoms with Gasteiger partial charge in [-0.2, -0.15) is 18.3 Å². The normalized spacial score (nSPS) is 12.6. The third-order valence-corrected chi connectivity index (χ3v) is 5.35. The molecule has 0 unspecified atom stereocenters. The summed E-state index contributed by atoms with van der Waals surface area (Å²) in [6, 6.07) is 12.4. The van der Waals surface area contributed by atoms with E-state index in [1.807, 2.05) is 38.1 Å². The summed E-state index contributed by atoms with van der Waals surface area (Å²) >= 11 is 0. The van der Waals surface area contributed by atoms with E-state index in [0.29, 0.717) is 30.0 Å². The first kappa shape index (κ1) is 23.4. The Morgan fingerprint density at radius 1 is 1.16 bits per heavy atom. The molecule has 2 aromatic carbocycles. The predicted octanol–water partition coefficient (Wildman–Crippen LogP) is 5.61. The minimum atomic E-state index is -4.37. The van der Waals surface area contributed by atoms with Crippen LogP contribution in [0.25, 0.3) is 11.3 Å². The number of carboxylic acids is 1. The molecule has 0 amide bonds. The van der Waals surface area contributed by atoms with Crippen molar-refractivity contribution in [1.82, 2.24) is 9.78 Å². The number of carbonyl (C=O) groups is 1. The first-order valence-electron chi connectivity index (χ1n) is 10.2. The van der Waals surface area contributed by atoms with Crippen LogP contribution in [0.5, 0.6) is 5.75 Å². The van der Waals surface area contributed by atoms with E-state index in [4.69, 9.17) is 9.84 Å². The number of hydrogen-bond acceptors (Lipinski definition) is 3. The molecule has 8 heteroatoms. The molecule has 1 N–H and O–H groups in total. The van der Waals surface area contributed by atoms with Crippen LogP contribution in [-0.2, 0) is 24.4 Å². The lowest BCUT2D eigenvalue weighted by Crippen LogP contribution is -2.11. The molecular weight excluding hydrogens is 421 g/mol. The van der Waals surface area contributed by atoms with E-state index in [1.54, 1.807) is 11.7 Å². The molecule has 1 aromatic heterocycles. The largest absolute Gasteiger partial charge is 0.493 e. The lowest BCUT2D eigenvalue weighted by Gasteiger charge is -2.14. The summed E-state index contributed by atoms with van der Waals surface area (Å²) in [5.74, 6) is -0.147. The fourth-order valence-electron chi connectivity index (χ4n) is 3.50. The molecule has 0 spiro atoms. The number of ether oxygens (including phenoxy) is 1. The molecule has 0 bridgehead atoms. The van der Waals surface area contributed by atoms with Crippen LogP contribution in [0.15, 0.2) is 48.5 Å². The van der Waals surface area contributed by atoms with Gasteiger partial charge in [0.25, 0.3) is 0 Å². The molecule has 0 saturated carbocycles. The second-order valence-electron chi connectivity index (χ2n) is 7.85. The molecule has 0 saturated heterocycles. The highest BCUT2D eigenvalue weighted by molar-refractivity contribution is 5.67. The highest BCUT2D eigenvalue weighted by Crippen LogP contribution is 2.31. The zero-order valence-electron chi connectivity index (χ0n) is 18.1. The third kappa shape index (κ3) is 5.69. The van der Waals surface area contributed by atoms with Crippen molar-refractivity contribution in [3.05, 3.63) is 70.9 Å². The molecule has 0 aliphatic rings. The number of carboxylic acid groups (broad SMARTS) is 1. The number of halogens is 3. The maximum Gasteiger partial charge on any atom is 0.416 e. The zero-order chi connectivity index (χ0) is 23.5. The Bertz CT molecular complexity index is 1090. The van der Waals surface area contributed by atoms with Crippen molar-refractivity contribution in [2.24, 2.45) is 7.05 Å². The number of hydrogen-bond donors (Lipinski definition) is 1. The van der Waals surface area contributed by atoms with Gasteiger partial charge >= 0.3 is 12.1 Å². The van der Waals surface area contributed by atoms with Crippen LogP contribution in [0.2, 0.25) is 0 Å². The van der Waals surface area contributed by atoms with Gasteiger partial charge in [-0.25, -0.2) is 0 Å². The maximum absolute atomic E-state index is 12.8. The fraction of sp³-hybridized carbons (Fsp3) is 0.333. The molecule has 3 rings (SSSR count). The summed E-state index contributed by atoms with van der Waals surface area (Å²) in [5.41, 5.74) is 3.36. The van der Waals surface area contributed by atoms with Gasteiger partial charge in [0.1, 0.15) is 5.75 Å². The number of aliphatic carboxylic acids is 1. The summed E-state index contributed by atoms with van der Waals surface area (Å²) in [4.78, 5) is 10.8. The Kier molecular flexibility index (Phi) is 6.91. The fourth-order valence-corrected chi connectivity index (χ4v) is 3.50. The van der Waals surface area contributed by atoms with Crippen LogP contribution in [0.3, 0.4) is 0 Å². The first-order valence-corrected chi connectivity index (χ1v) is 10.2. The van der Waals surface area contributed by atoms with E-state index < -0.39 is 17.7 Å². The van der Waals surface area contributed by atoms with Gasteiger partial charge in [-0.05, 0) is 54.8 Å². The van der Waals surface area contributed by atoms with Crippen LogP contribution >= 0.6 is 0 Å². The molecule has 3 aromatic rings. The number of aryl methyl sites for hydroxylation is 3. The Morgan fingerprint density at radius 3 is 2.44 bits per heavy atom. The van der Waals surface area contributed by atoms with Gasteiger partial charge in [0.2, 0.25) is 0 Å². The highest BCUT2D eigenvalue weighted by Gasteiger charge is 2.30. The monoisotopic (exact) mass is 446 g/mol. The Labute approximate surface area is 184 Å². The molecule has 1 heterocycles. The smallest absolute Gasteiger partial charge is 0.416 e. The van der Waals surface area contributed by atoms with Crippen molar-refractivity contribution in [1.29, 1.82) is 0 Å². The maximum atomic E-state index is 12.8. The number of rotatable bonds is 8. The van der Waals surface area contributed by atoms with E-state index in [2.05, 4.69) is 5.10 Å². The topological polar surface area (TPSA) is 64.4 Å². The van der Waals surface area contributed by atoms with E-state index in [9.17, 15) is 18.0 Å². The molecule has 0 radical (unpaired) electrons. The zero-order valence-corrected chi connectivity index (χ0v) is 18.1. The van der Waals surface area contributed by atoms with Crippen LogP contribution in [0.4, 0.5) is 13.2 Å². The summed E-state index contributed by atoms with van der Waals surface area (Å²) in [5, 5.41) is 13.3. The molecule has 170 valence electrons. The van der Waals surface area contributed by atoms with E-state index in [-0.39, 0.29) is 12.3 Å². The average Bonchev–Trinajstić information content (AvgIpc) is 3.12. The molecule has 5 nitrogen and oxygen atoms in total. The SMILES string of the molecule is Cc1cc(OC[C@H](C)c2cc(-c3ccc(C(F)(F)F)cc3)nn2C)ccc1CCC(=O)O. The van der Waals surface area contributed by atoms with Gasteiger partial charge in [-0.15, -0.1) is 0 Å². The summed E-state index contributed by atoms with van der Waals surface area (Å²) in [6.45, 7) is 4.30. The van der Waals surface area contributed by atoms with Crippen molar-refractivity contribution >= 4 is 5.97 Å². The quantitative estimate of drug-likeness (QED) is 0.488. The summed E-state index contributed by atoms with van der Waals surface area (Å²) in [7, 11) is 1.79. The highest BCUT2D eigenvalue weighted by atomic mass is 19.4. The number of alkyl halides is 3. The number of benzene rings is 2. The molecule has 0 aliphatic heterocycles. The van der Waals surface area contributed by atoms with Gasteiger partial charge in [-0.1, -0.05) is 25.1 Å². The van der Waals surface area contributed by atoms with Crippen molar-refractivity contribution in [3.63, 3.8) is 0 Å². The van der Waals surface area contributed by atoms with Crippen molar-refractivity contribution in [2.45, 2.75) is 38.8 Å². The lowest BCUT2D eigenvalue weighted by atomic mass is 10.0. The van der Waals surface area contributed by atoms with Crippen molar-refractivity contribution < 1.29 is 27.8 Å². The average molecular weight is 446 g/mol. The Morgan fingerprint density at radius 2 is 1.84 bits per heavy atom. The number of aromatic nitrogens is 2. The van der Waals surface area contributed by atoms with Gasteiger partial charge in [0.15, 0.2) is 0 Å². The lowest BCUT2D eigenvalue weighted by molar-refractivity contribution is -0.138. The third-order valence-electron chi connectivity index (χ3n) is 5.35. The van der Waals surface area contributed by atoms with Crippen LogP contribution in [0, 0.1) is 6.92 Å². The van der Waals surface area contributed by atoms with Crippen LogP contribution in [0.1, 0.15) is 41.6 Å². The molecule has 32 heavy (non-hydrogen) atoms. The van der Waals surface area contributed by atoms with E-state index >= 15 is 0 Å². The van der Waals surface area contributed by atoms with Gasteiger partial charge in [0.05, 0.1) is 17.9 Å². The Hall–Kier alpha value is -3.29. The second-order valence-corrected chi connectivity index (χ2v) is 7.85.